The number of hydrogen-bond acceptors (Lipinski definition) is 6. The van der Waals surface area contributed by atoms with Gasteiger partial charge in [-0.2, -0.15) is 4.98 Å². The molecule has 9 heteroatoms. The highest BCUT2D eigenvalue weighted by Gasteiger charge is 2.14. The molecular formula is C13H16N6O3. The maximum atomic E-state index is 12.0. The lowest BCUT2D eigenvalue weighted by Crippen LogP contribution is -2.29. The van der Waals surface area contributed by atoms with Crippen LogP contribution in [0.25, 0.3) is 11.2 Å². The second kappa shape index (κ2) is 5.58. The highest BCUT2D eigenvalue weighted by Crippen LogP contribution is 2.08. The van der Waals surface area contributed by atoms with Crippen LogP contribution in [0.3, 0.4) is 0 Å². The van der Waals surface area contributed by atoms with Crippen molar-refractivity contribution in [3.05, 3.63) is 38.9 Å². The van der Waals surface area contributed by atoms with Crippen LogP contribution in [0.15, 0.2) is 20.4 Å². The second-order valence-corrected chi connectivity index (χ2v) is 5.07. The van der Waals surface area contributed by atoms with Crippen LogP contribution < -0.4 is 11.2 Å². The Morgan fingerprint density at radius 1 is 1.36 bits per heavy atom. The first-order valence-electron chi connectivity index (χ1n) is 7.05. The van der Waals surface area contributed by atoms with Gasteiger partial charge in [0.1, 0.15) is 0 Å². The van der Waals surface area contributed by atoms with E-state index in [-0.39, 0.29) is 6.54 Å². The van der Waals surface area contributed by atoms with Crippen molar-refractivity contribution in [2.45, 2.75) is 32.7 Å². The van der Waals surface area contributed by atoms with Gasteiger partial charge in [0.2, 0.25) is 5.89 Å². The normalized spacial score (nSPS) is 11.4. The zero-order valence-electron chi connectivity index (χ0n) is 12.4. The van der Waals surface area contributed by atoms with Crippen molar-refractivity contribution in [2.24, 2.45) is 7.05 Å². The molecule has 0 saturated carbocycles. The van der Waals surface area contributed by atoms with Crippen molar-refractivity contribution in [2.75, 3.05) is 0 Å². The molecule has 9 nitrogen and oxygen atoms in total. The molecule has 1 N–H and O–H groups in total. The number of nitrogens with one attached hydrogen (secondary N) is 1. The standard InChI is InChI=1S/C13H16N6O3/c1-3-4-5-9-15-8(17-22-9)6-19-7-14-11-10(19)12(20)16-13(21)18(11)2/h7H,3-6H2,1-2H3,(H,16,20,21). The lowest BCUT2D eigenvalue weighted by atomic mass is 10.2. The molecular weight excluding hydrogens is 288 g/mol. The largest absolute Gasteiger partial charge is 0.339 e. The Bertz CT molecular complexity index is 916. The number of aromatic amines is 1. The van der Waals surface area contributed by atoms with Crippen LogP contribution in [-0.4, -0.2) is 29.2 Å². The first-order chi connectivity index (χ1) is 10.6. The van der Waals surface area contributed by atoms with Gasteiger partial charge < -0.3 is 9.09 Å². The molecule has 22 heavy (non-hydrogen) atoms. The molecule has 0 unspecified atom stereocenters. The Morgan fingerprint density at radius 3 is 2.95 bits per heavy atom. The quantitative estimate of drug-likeness (QED) is 0.720. The zero-order valence-corrected chi connectivity index (χ0v) is 12.4. The third-order valence-electron chi connectivity index (χ3n) is 3.44. The minimum Gasteiger partial charge on any atom is -0.339 e. The molecule has 3 heterocycles. The third kappa shape index (κ3) is 2.45. The van der Waals surface area contributed by atoms with Crippen molar-refractivity contribution in [1.29, 1.82) is 0 Å². The number of aromatic nitrogens is 6. The molecule has 3 rings (SSSR count). The van der Waals surface area contributed by atoms with Crippen molar-refractivity contribution in [1.82, 2.24) is 29.2 Å². The highest BCUT2D eigenvalue weighted by atomic mass is 16.5. The molecule has 0 fully saturated rings. The zero-order chi connectivity index (χ0) is 15.7. The molecule has 3 aromatic heterocycles. The van der Waals surface area contributed by atoms with Gasteiger partial charge in [-0.25, -0.2) is 9.78 Å². The van der Waals surface area contributed by atoms with E-state index in [1.165, 1.54) is 10.9 Å². The van der Waals surface area contributed by atoms with E-state index in [9.17, 15) is 9.59 Å². The van der Waals surface area contributed by atoms with Crippen molar-refractivity contribution >= 4 is 11.2 Å². The molecule has 0 atom stereocenters. The number of aryl methyl sites for hydroxylation is 2. The van der Waals surface area contributed by atoms with Crippen LogP contribution in [0.1, 0.15) is 31.5 Å². The summed E-state index contributed by atoms with van der Waals surface area (Å²) in [6.45, 7) is 2.35. The SMILES string of the molecule is CCCCc1nc(Cn2cnc3c2c(=O)[nH]c(=O)n3C)no1. The van der Waals surface area contributed by atoms with Crippen molar-refractivity contribution in [3.63, 3.8) is 0 Å². The lowest BCUT2D eigenvalue weighted by Gasteiger charge is -2.00. The monoisotopic (exact) mass is 304 g/mol. The van der Waals surface area contributed by atoms with Crippen molar-refractivity contribution < 1.29 is 4.52 Å². The molecule has 0 spiro atoms. The number of unbranched alkanes of at least 4 members (excludes halogenated alkanes) is 1. The molecule has 0 saturated heterocycles. The molecule has 116 valence electrons. The number of nitrogens with zero attached hydrogens (tertiary/aromatic N) is 5. The van der Waals surface area contributed by atoms with E-state index >= 15 is 0 Å². The number of H-pyrrole nitrogens is 1. The molecule has 3 aromatic rings. The average molecular weight is 304 g/mol. The fraction of sp³-hybridized carbons (Fsp3) is 0.462. The first-order valence-corrected chi connectivity index (χ1v) is 7.05. The highest BCUT2D eigenvalue weighted by molar-refractivity contribution is 5.69. The van der Waals surface area contributed by atoms with Crippen LogP contribution in [0.5, 0.6) is 0 Å². The first kappa shape index (κ1) is 14.2. The van der Waals surface area contributed by atoms with Crippen LogP contribution in [-0.2, 0) is 20.0 Å². The molecule has 0 bridgehead atoms. The number of hydrogen-bond donors (Lipinski definition) is 1. The summed E-state index contributed by atoms with van der Waals surface area (Å²) in [7, 11) is 1.55. The van der Waals surface area contributed by atoms with E-state index in [4.69, 9.17) is 4.52 Å². The van der Waals surface area contributed by atoms with E-state index in [0.29, 0.717) is 22.9 Å². The fourth-order valence-corrected chi connectivity index (χ4v) is 2.24. The summed E-state index contributed by atoms with van der Waals surface area (Å²) in [5.41, 5.74) is -0.347. The summed E-state index contributed by atoms with van der Waals surface area (Å²) in [5.74, 6) is 1.06. The van der Waals surface area contributed by atoms with Gasteiger partial charge in [0.25, 0.3) is 5.56 Å². The predicted octanol–water partition coefficient (Wildman–Crippen LogP) is 0.197. The van der Waals surface area contributed by atoms with E-state index in [1.54, 1.807) is 11.6 Å². The summed E-state index contributed by atoms with van der Waals surface area (Å²) in [6, 6.07) is 0. The van der Waals surface area contributed by atoms with E-state index < -0.39 is 11.2 Å². The van der Waals surface area contributed by atoms with E-state index in [0.717, 1.165) is 19.3 Å². The molecule has 0 aliphatic rings. The maximum absolute atomic E-state index is 12.0. The number of imidazole rings is 1. The smallest absolute Gasteiger partial charge is 0.329 e. The van der Waals surface area contributed by atoms with Crippen LogP contribution in [0, 0.1) is 0 Å². The predicted molar refractivity (Wildman–Crippen MR) is 77.6 cm³/mol. The number of rotatable bonds is 5. The summed E-state index contributed by atoms with van der Waals surface area (Å²) < 4.78 is 8.05. The molecule has 0 aromatic carbocycles. The third-order valence-corrected chi connectivity index (χ3v) is 3.44. The minimum atomic E-state index is -0.496. The summed E-state index contributed by atoms with van der Waals surface area (Å²) in [4.78, 5) is 34.2. The van der Waals surface area contributed by atoms with Gasteiger partial charge in [0.15, 0.2) is 17.0 Å². The second-order valence-electron chi connectivity index (χ2n) is 5.07. The maximum Gasteiger partial charge on any atom is 0.329 e. The lowest BCUT2D eigenvalue weighted by molar-refractivity contribution is 0.369. The van der Waals surface area contributed by atoms with Gasteiger partial charge >= 0.3 is 5.69 Å². The Labute approximate surface area is 124 Å². The van der Waals surface area contributed by atoms with Gasteiger partial charge in [0, 0.05) is 13.5 Å². The van der Waals surface area contributed by atoms with Crippen molar-refractivity contribution in [3.8, 4) is 0 Å². The van der Waals surface area contributed by atoms with Gasteiger partial charge in [0.05, 0.1) is 12.9 Å². The van der Waals surface area contributed by atoms with Gasteiger partial charge in [-0.05, 0) is 6.42 Å². The van der Waals surface area contributed by atoms with Gasteiger partial charge in [-0.15, -0.1) is 0 Å². The van der Waals surface area contributed by atoms with Crippen LogP contribution in [0.2, 0.25) is 0 Å². The van der Waals surface area contributed by atoms with Crippen LogP contribution in [0.4, 0.5) is 0 Å². The van der Waals surface area contributed by atoms with E-state index in [2.05, 4.69) is 27.0 Å². The average Bonchev–Trinajstić information content (AvgIpc) is 3.10. The Balaban J connectivity index is 1.95. The topological polar surface area (TPSA) is 112 Å². The Kier molecular flexibility index (Phi) is 3.61. The number of fused-ring (bicyclic) bond motifs is 1. The van der Waals surface area contributed by atoms with Crippen LogP contribution >= 0.6 is 0 Å². The van der Waals surface area contributed by atoms with Gasteiger partial charge in [-0.1, -0.05) is 18.5 Å². The molecule has 0 aliphatic carbocycles. The molecule has 0 aliphatic heterocycles. The summed E-state index contributed by atoms with van der Waals surface area (Å²) >= 11 is 0. The fourth-order valence-electron chi connectivity index (χ4n) is 2.24. The molecule has 0 radical (unpaired) electrons. The summed E-state index contributed by atoms with van der Waals surface area (Å²) in [6.07, 6.45) is 4.26. The van der Waals surface area contributed by atoms with E-state index in [1.807, 2.05) is 0 Å². The minimum absolute atomic E-state index is 0.257. The Morgan fingerprint density at radius 2 is 2.18 bits per heavy atom. The molecule has 0 amide bonds. The summed E-state index contributed by atoms with van der Waals surface area (Å²) in [5, 5.41) is 3.90. The van der Waals surface area contributed by atoms with Gasteiger partial charge in [-0.3, -0.25) is 14.3 Å². The Hall–Kier alpha value is -2.71.